The van der Waals surface area contributed by atoms with Gasteiger partial charge in [0.05, 0.1) is 6.61 Å². The summed E-state index contributed by atoms with van der Waals surface area (Å²) >= 11 is 0. The van der Waals surface area contributed by atoms with Crippen LogP contribution < -0.4 is 0 Å². The Kier molecular flexibility index (Phi) is 19.6. The van der Waals surface area contributed by atoms with Gasteiger partial charge in [0.25, 0.3) is 0 Å². The summed E-state index contributed by atoms with van der Waals surface area (Å²) in [5, 5.41) is 0. The van der Waals surface area contributed by atoms with Crippen molar-refractivity contribution in [3.8, 4) is 0 Å². The van der Waals surface area contributed by atoms with E-state index in [1.54, 1.807) is 0 Å². The molecule has 0 saturated carbocycles. The number of ether oxygens (including phenoxy) is 1. The van der Waals surface area contributed by atoms with Gasteiger partial charge in [-0.05, 0) is 39.0 Å². The fourth-order valence-corrected chi connectivity index (χ4v) is 2.93. The summed E-state index contributed by atoms with van der Waals surface area (Å²) in [7, 11) is 0. The first-order valence-electron chi connectivity index (χ1n) is 10.6. The van der Waals surface area contributed by atoms with Gasteiger partial charge in [0.15, 0.2) is 0 Å². The highest BCUT2D eigenvalue weighted by Crippen LogP contribution is 2.11. The molecule has 0 fully saturated rings. The number of esters is 1. The van der Waals surface area contributed by atoms with Crippen molar-refractivity contribution in [2.45, 2.75) is 117 Å². The average Bonchev–Trinajstić information content (AvgIpc) is 2.58. The smallest absolute Gasteiger partial charge is 0.305 e. The molecule has 0 aromatic carbocycles. The highest BCUT2D eigenvalue weighted by molar-refractivity contribution is 5.69. The lowest BCUT2D eigenvalue weighted by molar-refractivity contribution is -0.143. The van der Waals surface area contributed by atoms with Crippen molar-refractivity contribution in [3.05, 3.63) is 12.2 Å². The molecule has 24 heavy (non-hydrogen) atoms. The molecule has 0 spiro atoms. The van der Waals surface area contributed by atoms with Gasteiger partial charge in [0.2, 0.25) is 0 Å². The van der Waals surface area contributed by atoms with E-state index in [9.17, 15) is 4.79 Å². The van der Waals surface area contributed by atoms with Crippen LogP contribution in [0.3, 0.4) is 0 Å². The number of hydrogen-bond donors (Lipinski definition) is 0. The minimum Gasteiger partial charge on any atom is -0.466 e. The van der Waals surface area contributed by atoms with E-state index in [-0.39, 0.29) is 5.97 Å². The van der Waals surface area contributed by atoms with E-state index in [4.69, 9.17) is 4.74 Å². The Morgan fingerprint density at radius 2 is 1.12 bits per heavy atom. The molecule has 0 N–H and O–H groups in total. The van der Waals surface area contributed by atoms with E-state index in [0.29, 0.717) is 13.0 Å². The molecule has 0 bridgehead atoms. The van der Waals surface area contributed by atoms with Crippen LogP contribution in [0.1, 0.15) is 117 Å². The molecule has 0 aliphatic heterocycles. The average molecular weight is 339 g/mol. The lowest BCUT2D eigenvalue weighted by Crippen LogP contribution is -2.03. The molecule has 0 heterocycles. The first-order valence-corrected chi connectivity index (χ1v) is 10.6. The van der Waals surface area contributed by atoms with Crippen molar-refractivity contribution in [1.82, 2.24) is 0 Å². The maximum Gasteiger partial charge on any atom is 0.305 e. The number of rotatable bonds is 18. The second-order valence-corrected chi connectivity index (χ2v) is 6.85. The molecule has 0 aromatic rings. The summed E-state index contributed by atoms with van der Waals surface area (Å²) in [5.41, 5.74) is 0. The Morgan fingerprint density at radius 1 is 0.667 bits per heavy atom. The lowest BCUT2D eigenvalue weighted by atomic mass is 10.1. The van der Waals surface area contributed by atoms with Gasteiger partial charge in [0.1, 0.15) is 0 Å². The van der Waals surface area contributed by atoms with E-state index >= 15 is 0 Å². The van der Waals surface area contributed by atoms with E-state index in [1.165, 1.54) is 83.5 Å². The second kappa shape index (κ2) is 20.3. The van der Waals surface area contributed by atoms with E-state index in [2.05, 4.69) is 19.1 Å². The quantitative estimate of drug-likeness (QED) is 0.148. The summed E-state index contributed by atoms with van der Waals surface area (Å²) in [6.07, 6.45) is 25.0. The third-order valence-corrected chi connectivity index (χ3v) is 4.45. The summed E-state index contributed by atoms with van der Waals surface area (Å²) in [6, 6.07) is 0. The van der Waals surface area contributed by atoms with Crippen molar-refractivity contribution >= 4 is 5.97 Å². The number of carbonyl (C=O) groups excluding carboxylic acids is 1. The molecule has 0 aliphatic rings. The van der Waals surface area contributed by atoms with Crippen LogP contribution in [0.2, 0.25) is 0 Å². The van der Waals surface area contributed by atoms with Gasteiger partial charge in [-0.3, -0.25) is 4.79 Å². The molecule has 142 valence electrons. The number of unbranched alkanes of at least 4 members (excludes halogenated alkanes) is 13. The third-order valence-electron chi connectivity index (χ3n) is 4.45. The zero-order chi connectivity index (χ0) is 17.7. The first-order chi connectivity index (χ1) is 11.8. The molecule has 0 radical (unpaired) electrons. The van der Waals surface area contributed by atoms with Crippen LogP contribution in [0.5, 0.6) is 0 Å². The van der Waals surface area contributed by atoms with Crippen LogP contribution in [0.15, 0.2) is 12.2 Å². The van der Waals surface area contributed by atoms with Gasteiger partial charge in [0, 0.05) is 6.42 Å². The Hall–Kier alpha value is -0.790. The minimum absolute atomic E-state index is 0.0404. The summed E-state index contributed by atoms with van der Waals surface area (Å²) in [6.45, 7) is 4.64. The van der Waals surface area contributed by atoms with Gasteiger partial charge < -0.3 is 4.74 Å². The Bertz CT molecular complexity index is 284. The van der Waals surface area contributed by atoms with Crippen molar-refractivity contribution < 1.29 is 9.53 Å². The van der Waals surface area contributed by atoms with Gasteiger partial charge in [-0.25, -0.2) is 0 Å². The molecule has 0 saturated heterocycles. The summed E-state index contributed by atoms with van der Waals surface area (Å²) < 4.78 is 4.92. The van der Waals surface area contributed by atoms with Crippen molar-refractivity contribution in [2.24, 2.45) is 0 Å². The first kappa shape index (κ1) is 23.2. The maximum absolute atomic E-state index is 11.2. The van der Waals surface area contributed by atoms with Crippen LogP contribution in [0.4, 0.5) is 0 Å². The molecule has 2 nitrogen and oxygen atoms in total. The summed E-state index contributed by atoms with van der Waals surface area (Å²) in [5.74, 6) is -0.0404. The van der Waals surface area contributed by atoms with Gasteiger partial charge >= 0.3 is 5.97 Å². The molecular weight excluding hydrogens is 296 g/mol. The van der Waals surface area contributed by atoms with Crippen molar-refractivity contribution in [3.63, 3.8) is 0 Å². The number of carbonyl (C=O) groups is 1. The van der Waals surface area contributed by atoms with Gasteiger partial charge in [-0.2, -0.15) is 0 Å². The molecular formula is C22H42O2. The van der Waals surface area contributed by atoms with Crippen LogP contribution in [0, 0.1) is 0 Å². The number of hydrogen-bond acceptors (Lipinski definition) is 2. The molecule has 0 amide bonds. The van der Waals surface area contributed by atoms with E-state index in [0.717, 1.165) is 12.8 Å². The van der Waals surface area contributed by atoms with E-state index < -0.39 is 0 Å². The third kappa shape index (κ3) is 19.3. The SMILES string of the molecule is CCCCCCCCCC/C=C/CCCCCCCC(=O)OCC. The fraction of sp³-hybridized carbons (Fsp3) is 0.864. The molecule has 0 unspecified atom stereocenters. The number of allylic oxidation sites excluding steroid dienone is 2. The minimum atomic E-state index is -0.0404. The predicted octanol–water partition coefficient (Wildman–Crippen LogP) is 7.37. The highest BCUT2D eigenvalue weighted by Gasteiger charge is 2.00. The standard InChI is InChI=1S/C22H42O2/c1-3-5-6-7-8-9-10-11-12-13-14-15-16-17-18-19-20-21-22(23)24-4-2/h13-14H,3-12,15-21H2,1-2H3/b14-13+. The van der Waals surface area contributed by atoms with Crippen molar-refractivity contribution in [1.29, 1.82) is 0 Å². The zero-order valence-electron chi connectivity index (χ0n) is 16.5. The van der Waals surface area contributed by atoms with Crippen molar-refractivity contribution in [2.75, 3.05) is 6.61 Å². The van der Waals surface area contributed by atoms with Gasteiger partial charge in [-0.1, -0.05) is 83.3 Å². The molecule has 0 rings (SSSR count). The normalized spacial score (nSPS) is 11.2. The van der Waals surface area contributed by atoms with Gasteiger partial charge in [-0.15, -0.1) is 0 Å². The fourth-order valence-electron chi connectivity index (χ4n) is 2.93. The van der Waals surface area contributed by atoms with Crippen LogP contribution in [-0.2, 0) is 9.53 Å². The van der Waals surface area contributed by atoms with Crippen LogP contribution in [-0.4, -0.2) is 12.6 Å². The Balaban J connectivity index is 3.12. The lowest BCUT2D eigenvalue weighted by Gasteiger charge is -2.01. The second-order valence-electron chi connectivity index (χ2n) is 6.85. The Labute approximate surface area is 151 Å². The van der Waals surface area contributed by atoms with Crippen LogP contribution >= 0.6 is 0 Å². The van der Waals surface area contributed by atoms with E-state index in [1.807, 2.05) is 6.92 Å². The maximum atomic E-state index is 11.2. The monoisotopic (exact) mass is 338 g/mol. The topological polar surface area (TPSA) is 26.3 Å². The molecule has 2 heteroatoms. The largest absolute Gasteiger partial charge is 0.466 e. The molecule has 0 aromatic heterocycles. The van der Waals surface area contributed by atoms with Crippen LogP contribution in [0.25, 0.3) is 0 Å². The predicted molar refractivity (Wildman–Crippen MR) is 105 cm³/mol. The zero-order valence-corrected chi connectivity index (χ0v) is 16.5. The molecule has 0 atom stereocenters. The highest BCUT2D eigenvalue weighted by atomic mass is 16.5. The Morgan fingerprint density at radius 3 is 1.62 bits per heavy atom. The molecule has 0 aliphatic carbocycles. The summed E-state index contributed by atoms with van der Waals surface area (Å²) in [4.78, 5) is 11.2.